The molecule has 0 N–H and O–H groups in total. The summed E-state index contributed by atoms with van der Waals surface area (Å²) in [6.07, 6.45) is 1.97. The number of pyridine rings is 1. The van der Waals surface area contributed by atoms with Gasteiger partial charge in [-0.15, -0.1) is 0 Å². The van der Waals surface area contributed by atoms with Gasteiger partial charge < -0.3 is 0 Å². The van der Waals surface area contributed by atoms with Gasteiger partial charge in [-0.2, -0.15) is 0 Å². The van der Waals surface area contributed by atoms with E-state index in [1.165, 1.54) is 6.92 Å². The Morgan fingerprint density at radius 1 is 1.73 bits per heavy atom. The molecule has 11 heavy (non-hydrogen) atoms. The predicted octanol–water partition coefficient (Wildman–Crippen LogP) is 1.87. The van der Waals surface area contributed by atoms with Gasteiger partial charge in [0, 0.05) is 12.6 Å². The lowest BCUT2D eigenvalue weighted by Gasteiger charge is -1.97. The van der Waals surface area contributed by atoms with E-state index in [0.29, 0.717) is 11.6 Å². The molecule has 1 heterocycles. The molecular formula is C8H8ClNO. The van der Waals surface area contributed by atoms with Gasteiger partial charge in [-0.3, -0.25) is 4.79 Å². The number of rotatable bonds is 2. The van der Waals surface area contributed by atoms with Crippen molar-refractivity contribution in [2.45, 2.75) is 13.3 Å². The van der Waals surface area contributed by atoms with Crippen LogP contribution in [0, 0.1) is 0 Å². The molecule has 58 valence electrons. The summed E-state index contributed by atoms with van der Waals surface area (Å²) in [7, 11) is 0. The molecule has 0 aliphatic heterocycles. The summed E-state index contributed by atoms with van der Waals surface area (Å²) in [6, 6.07) is 3.57. The molecule has 3 heteroatoms. The first-order valence-electron chi connectivity index (χ1n) is 3.29. The van der Waals surface area contributed by atoms with Crippen molar-refractivity contribution in [2.24, 2.45) is 0 Å². The molecule has 0 atom stereocenters. The number of carbonyl (C=O) groups excluding carboxylic acids is 1. The molecular weight excluding hydrogens is 162 g/mol. The summed E-state index contributed by atoms with van der Waals surface area (Å²) in [5.41, 5.74) is 0.793. The quantitative estimate of drug-likeness (QED) is 0.633. The SMILES string of the molecule is CC(=O)Cc1cccnc1Cl. The highest BCUT2D eigenvalue weighted by Gasteiger charge is 2.01. The molecule has 0 unspecified atom stereocenters. The third-order valence-corrected chi connectivity index (χ3v) is 1.62. The molecule has 0 aromatic carbocycles. The number of halogens is 1. The number of ketones is 1. The fraction of sp³-hybridized carbons (Fsp3) is 0.250. The average Bonchev–Trinajstić information content (AvgIpc) is 1.93. The van der Waals surface area contributed by atoms with Crippen LogP contribution in [-0.4, -0.2) is 10.8 Å². The molecule has 0 spiro atoms. The first-order chi connectivity index (χ1) is 5.20. The second kappa shape index (κ2) is 3.49. The summed E-state index contributed by atoms with van der Waals surface area (Å²) in [4.78, 5) is 14.5. The molecule has 0 amide bonds. The normalized spacial score (nSPS) is 9.64. The van der Waals surface area contributed by atoms with Gasteiger partial charge in [0.2, 0.25) is 0 Å². The second-order valence-corrected chi connectivity index (χ2v) is 2.69. The van der Waals surface area contributed by atoms with Crippen molar-refractivity contribution in [1.29, 1.82) is 0 Å². The fourth-order valence-corrected chi connectivity index (χ4v) is 1.01. The number of aromatic nitrogens is 1. The van der Waals surface area contributed by atoms with Crippen LogP contribution in [0.3, 0.4) is 0 Å². The molecule has 0 aliphatic rings. The summed E-state index contributed by atoms with van der Waals surface area (Å²) in [5, 5.41) is 0.419. The zero-order chi connectivity index (χ0) is 8.27. The van der Waals surface area contributed by atoms with E-state index >= 15 is 0 Å². The van der Waals surface area contributed by atoms with E-state index in [0.717, 1.165) is 5.56 Å². The first kappa shape index (κ1) is 8.21. The maximum absolute atomic E-state index is 10.7. The van der Waals surface area contributed by atoms with Crippen molar-refractivity contribution < 1.29 is 4.79 Å². The highest BCUT2D eigenvalue weighted by molar-refractivity contribution is 6.30. The largest absolute Gasteiger partial charge is 0.300 e. The Bertz CT molecular complexity index is 273. The van der Waals surface area contributed by atoms with E-state index in [1.807, 2.05) is 0 Å². The molecule has 0 radical (unpaired) electrons. The van der Waals surface area contributed by atoms with Crippen LogP contribution >= 0.6 is 11.6 Å². The summed E-state index contributed by atoms with van der Waals surface area (Å²) < 4.78 is 0. The van der Waals surface area contributed by atoms with E-state index in [9.17, 15) is 4.79 Å². The Hall–Kier alpha value is -0.890. The Balaban J connectivity index is 2.86. The molecule has 0 saturated heterocycles. The summed E-state index contributed by atoms with van der Waals surface area (Å²) >= 11 is 5.70. The second-order valence-electron chi connectivity index (χ2n) is 2.33. The molecule has 2 nitrogen and oxygen atoms in total. The van der Waals surface area contributed by atoms with E-state index < -0.39 is 0 Å². The standard InChI is InChI=1S/C8H8ClNO/c1-6(11)5-7-3-2-4-10-8(7)9/h2-4H,5H2,1H3. The maximum Gasteiger partial charge on any atom is 0.134 e. The number of nitrogens with zero attached hydrogens (tertiary/aromatic N) is 1. The highest BCUT2D eigenvalue weighted by atomic mass is 35.5. The van der Waals surface area contributed by atoms with E-state index in [-0.39, 0.29) is 5.78 Å². The van der Waals surface area contributed by atoms with Crippen molar-refractivity contribution in [2.75, 3.05) is 0 Å². The summed E-state index contributed by atoms with van der Waals surface area (Å²) in [5.74, 6) is 0.0971. The van der Waals surface area contributed by atoms with Crippen molar-refractivity contribution in [3.05, 3.63) is 29.0 Å². The van der Waals surface area contributed by atoms with Crippen LogP contribution in [0.5, 0.6) is 0 Å². The van der Waals surface area contributed by atoms with Crippen molar-refractivity contribution >= 4 is 17.4 Å². The van der Waals surface area contributed by atoms with Crippen LogP contribution in [0.1, 0.15) is 12.5 Å². The van der Waals surface area contributed by atoms with Gasteiger partial charge >= 0.3 is 0 Å². The Morgan fingerprint density at radius 3 is 3.00 bits per heavy atom. The van der Waals surface area contributed by atoms with Crippen LogP contribution in [0.4, 0.5) is 0 Å². The molecule has 1 aromatic heterocycles. The Morgan fingerprint density at radius 2 is 2.45 bits per heavy atom. The Kier molecular flexibility index (Phi) is 2.60. The number of hydrogen-bond acceptors (Lipinski definition) is 2. The predicted molar refractivity (Wildman–Crippen MR) is 43.6 cm³/mol. The van der Waals surface area contributed by atoms with Gasteiger partial charge in [0.25, 0.3) is 0 Å². The van der Waals surface area contributed by atoms with Gasteiger partial charge in [-0.25, -0.2) is 4.98 Å². The van der Waals surface area contributed by atoms with Crippen LogP contribution < -0.4 is 0 Å². The smallest absolute Gasteiger partial charge is 0.134 e. The van der Waals surface area contributed by atoms with Gasteiger partial charge in [-0.05, 0) is 18.6 Å². The van der Waals surface area contributed by atoms with E-state index in [2.05, 4.69) is 4.98 Å². The molecule has 1 aromatic rings. The lowest BCUT2D eigenvalue weighted by atomic mass is 10.2. The number of hydrogen-bond donors (Lipinski definition) is 0. The van der Waals surface area contributed by atoms with E-state index in [1.54, 1.807) is 18.3 Å². The van der Waals surface area contributed by atoms with Gasteiger partial charge in [0.05, 0.1) is 0 Å². The van der Waals surface area contributed by atoms with Crippen LogP contribution in [0.2, 0.25) is 5.15 Å². The van der Waals surface area contributed by atoms with Crippen molar-refractivity contribution in [3.8, 4) is 0 Å². The first-order valence-corrected chi connectivity index (χ1v) is 3.67. The fourth-order valence-electron chi connectivity index (χ4n) is 0.819. The zero-order valence-corrected chi connectivity index (χ0v) is 6.93. The molecule has 0 saturated carbocycles. The minimum Gasteiger partial charge on any atom is -0.300 e. The van der Waals surface area contributed by atoms with Gasteiger partial charge in [0.1, 0.15) is 10.9 Å². The van der Waals surface area contributed by atoms with Gasteiger partial charge in [-0.1, -0.05) is 17.7 Å². The van der Waals surface area contributed by atoms with Gasteiger partial charge in [0.15, 0.2) is 0 Å². The van der Waals surface area contributed by atoms with Crippen LogP contribution in [-0.2, 0) is 11.2 Å². The minimum absolute atomic E-state index is 0.0971. The molecule has 0 bridgehead atoms. The monoisotopic (exact) mass is 169 g/mol. The number of Topliss-reactive ketones (excluding diaryl/α,β-unsaturated/α-hetero) is 1. The van der Waals surface area contributed by atoms with Crippen molar-refractivity contribution in [1.82, 2.24) is 4.98 Å². The summed E-state index contributed by atoms with van der Waals surface area (Å²) in [6.45, 7) is 1.53. The molecule has 0 fully saturated rings. The topological polar surface area (TPSA) is 30.0 Å². The minimum atomic E-state index is 0.0971. The Labute approximate surface area is 70.2 Å². The lowest BCUT2D eigenvalue weighted by molar-refractivity contribution is -0.116. The third kappa shape index (κ3) is 2.31. The third-order valence-electron chi connectivity index (χ3n) is 1.28. The van der Waals surface area contributed by atoms with Crippen molar-refractivity contribution in [3.63, 3.8) is 0 Å². The van der Waals surface area contributed by atoms with Crippen LogP contribution in [0.15, 0.2) is 18.3 Å². The maximum atomic E-state index is 10.7. The zero-order valence-electron chi connectivity index (χ0n) is 6.17. The highest BCUT2D eigenvalue weighted by Crippen LogP contribution is 2.11. The average molecular weight is 170 g/mol. The van der Waals surface area contributed by atoms with Crippen LogP contribution in [0.25, 0.3) is 0 Å². The number of carbonyl (C=O) groups is 1. The lowest BCUT2D eigenvalue weighted by Crippen LogP contribution is -1.97. The molecule has 1 rings (SSSR count). The molecule has 0 aliphatic carbocycles. The van der Waals surface area contributed by atoms with E-state index in [4.69, 9.17) is 11.6 Å².